The molecule has 0 saturated carbocycles. The molecule has 1 nitrogen and oxygen atoms in total. The van der Waals surface area contributed by atoms with Gasteiger partial charge in [-0.15, -0.1) is 0 Å². The molecule has 0 aromatic carbocycles. The molecule has 0 aliphatic rings. The summed E-state index contributed by atoms with van der Waals surface area (Å²) in [7, 11) is 0. The van der Waals surface area contributed by atoms with Crippen LogP contribution in [0.15, 0.2) is 11.6 Å². The summed E-state index contributed by atoms with van der Waals surface area (Å²) in [5.74, 6) is 0. The van der Waals surface area contributed by atoms with Gasteiger partial charge in [0, 0.05) is 0 Å². The Balaban J connectivity index is 3.70. The Morgan fingerprint density at radius 3 is 2.44 bits per heavy atom. The van der Waals surface area contributed by atoms with Crippen LogP contribution in [-0.4, -0.2) is 11.2 Å². The Bertz CT molecular complexity index is 94.7. The number of rotatable bonds is 3. The topological polar surface area (TPSA) is 20.2 Å². The second-order valence-electron chi connectivity index (χ2n) is 2.28. The Hall–Kier alpha value is -0.300. The molecule has 1 atom stereocenters. The van der Waals surface area contributed by atoms with E-state index in [0.717, 1.165) is 18.4 Å². The largest absolute Gasteiger partial charge is 0.389 e. The van der Waals surface area contributed by atoms with Crippen molar-refractivity contribution in [3.63, 3.8) is 0 Å². The van der Waals surface area contributed by atoms with Crippen LogP contribution < -0.4 is 0 Å². The van der Waals surface area contributed by atoms with Gasteiger partial charge in [-0.1, -0.05) is 19.9 Å². The molecular weight excluding hydrogens is 112 g/mol. The Labute approximate surface area is 57.4 Å². The van der Waals surface area contributed by atoms with E-state index >= 15 is 0 Å². The second-order valence-corrected chi connectivity index (χ2v) is 2.28. The maximum absolute atomic E-state index is 9.19. The van der Waals surface area contributed by atoms with Crippen LogP contribution in [0.2, 0.25) is 0 Å². The summed E-state index contributed by atoms with van der Waals surface area (Å²) in [6.07, 6.45) is 3.68. The summed E-state index contributed by atoms with van der Waals surface area (Å²) >= 11 is 0. The maximum Gasteiger partial charge on any atom is 0.0744 e. The molecule has 0 aromatic heterocycles. The number of aliphatic hydroxyl groups excluding tert-OH is 1. The Morgan fingerprint density at radius 1 is 1.56 bits per heavy atom. The lowest BCUT2D eigenvalue weighted by atomic mass is 10.1. The first-order valence-corrected chi connectivity index (χ1v) is 3.57. The molecule has 0 rings (SSSR count). The third kappa shape index (κ3) is 3.31. The minimum absolute atomic E-state index is 0.218. The molecular formula is C8H16O. The molecule has 0 saturated heterocycles. The maximum atomic E-state index is 9.19. The SMILES string of the molecule is CC/C=C(\C)[C@H](O)CC. The normalized spacial score (nSPS) is 15.8. The van der Waals surface area contributed by atoms with Gasteiger partial charge in [-0.05, 0) is 25.3 Å². The third-order valence-corrected chi connectivity index (χ3v) is 1.44. The van der Waals surface area contributed by atoms with E-state index in [1.165, 1.54) is 0 Å². The van der Waals surface area contributed by atoms with E-state index < -0.39 is 0 Å². The number of hydrogen-bond acceptors (Lipinski definition) is 1. The molecule has 0 bridgehead atoms. The third-order valence-electron chi connectivity index (χ3n) is 1.44. The van der Waals surface area contributed by atoms with Crippen molar-refractivity contribution < 1.29 is 5.11 Å². The average molecular weight is 128 g/mol. The zero-order valence-corrected chi connectivity index (χ0v) is 6.52. The van der Waals surface area contributed by atoms with Crippen LogP contribution in [-0.2, 0) is 0 Å². The monoisotopic (exact) mass is 128 g/mol. The van der Waals surface area contributed by atoms with E-state index in [0.29, 0.717) is 0 Å². The summed E-state index contributed by atoms with van der Waals surface area (Å²) in [6.45, 7) is 6.03. The lowest BCUT2D eigenvalue weighted by Crippen LogP contribution is -2.05. The molecule has 0 fully saturated rings. The van der Waals surface area contributed by atoms with E-state index in [1.54, 1.807) is 0 Å². The van der Waals surface area contributed by atoms with Gasteiger partial charge >= 0.3 is 0 Å². The van der Waals surface area contributed by atoms with Crippen LogP contribution in [0.3, 0.4) is 0 Å². The zero-order valence-electron chi connectivity index (χ0n) is 6.52. The number of allylic oxidation sites excluding steroid dienone is 1. The molecule has 54 valence electrons. The first-order valence-electron chi connectivity index (χ1n) is 3.57. The first-order chi connectivity index (χ1) is 4.22. The predicted octanol–water partition coefficient (Wildman–Crippen LogP) is 2.11. The van der Waals surface area contributed by atoms with Crippen molar-refractivity contribution >= 4 is 0 Å². The summed E-state index contributed by atoms with van der Waals surface area (Å²) in [4.78, 5) is 0. The van der Waals surface area contributed by atoms with E-state index in [9.17, 15) is 5.11 Å². The van der Waals surface area contributed by atoms with Gasteiger partial charge in [0.25, 0.3) is 0 Å². The fourth-order valence-electron chi connectivity index (χ4n) is 0.780. The van der Waals surface area contributed by atoms with Gasteiger partial charge in [0.2, 0.25) is 0 Å². The lowest BCUT2D eigenvalue weighted by molar-refractivity contribution is 0.206. The highest BCUT2D eigenvalue weighted by Crippen LogP contribution is 2.04. The molecule has 0 radical (unpaired) electrons. The molecule has 0 aliphatic heterocycles. The standard InChI is InChI=1S/C8H16O/c1-4-6-7(3)8(9)5-2/h6,8-9H,4-5H2,1-3H3/b7-6+/t8-/m1/s1. The fourth-order valence-corrected chi connectivity index (χ4v) is 0.780. The molecule has 0 unspecified atom stereocenters. The van der Waals surface area contributed by atoms with Gasteiger partial charge < -0.3 is 5.11 Å². The van der Waals surface area contributed by atoms with Gasteiger partial charge in [-0.25, -0.2) is 0 Å². The van der Waals surface area contributed by atoms with Gasteiger partial charge in [-0.3, -0.25) is 0 Å². The minimum atomic E-state index is -0.218. The highest BCUT2D eigenvalue weighted by Gasteiger charge is 1.99. The number of aliphatic hydroxyl groups is 1. The summed E-state index contributed by atoms with van der Waals surface area (Å²) < 4.78 is 0. The Morgan fingerprint density at radius 2 is 2.11 bits per heavy atom. The van der Waals surface area contributed by atoms with Crippen molar-refractivity contribution in [1.82, 2.24) is 0 Å². The van der Waals surface area contributed by atoms with Gasteiger partial charge in [0.15, 0.2) is 0 Å². The van der Waals surface area contributed by atoms with Crippen LogP contribution >= 0.6 is 0 Å². The smallest absolute Gasteiger partial charge is 0.0744 e. The van der Waals surface area contributed by atoms with Gasteiger partial charge in [-0.2, -0.15) is 0 Å². The Kier molecular flexibility index (Phi) is 4.41. The molecule has 0 amide bonds. The van der Waals surface area contributed by atoms with Crippen molar-refractivity contribution in [2.24, 2.45) is 0 Å². The molecule has 0 aromatic rings. The van der Waals surface area contributed by atoms with E-state index in [1.807, 2.05) is 13.8 Å². The highest BCUT2D eigenvalue weighted by molar-refractivity contribution is 5.03. The van der Waals surface area contributed by atoms with Crippen LogP contribution in [0.25, 0.3) is 0 Å². The van der Waals surface area contributed by atoms with E-state index in [-0.39, 0.29) is 6.10 Å². The van der Waals surface area contributed by atoms with Crippen LogP contribution in [0.1, 0.15) is 33.6 Å². The summed E-state index contributed by atoms with van der Waals surface area (Å²) in [5.41, 5.74) is 1.10. The number of hydrogen-bond donors (Lipinski definition) is 1. The second kappa shape index (κ2) is 4.57. The van der Waals surface area contributed by atoms with Crippen molar-refractivity contribution in [1.29, 1.82) is 0 Å². The van der Waals surface area contributed by atoms with Gasteiger partial charge in [0.05, 0.1) is 6.10 Å². The van der Waals surface area contributed by atoms with Crippen molar-refractivity contribution in [2.75, 3.05) is 0 Å². The van der Waals surface area contributed by atoms with E-state index in [2.05, 4.69) is 13.0 Å². The molecule has 0 aliphatic carbocycles. The minimum Gasteiger partial charge on any atom is -0.389 e. The lowest BCUT2D eigenvalue weighted by Gasteiger charge is -2.06. The molecule has 1 N–H and O–H groups in total. The fraction of sp³-hybridized carbons (Fsp3) is 0.750. The van der Waals surface area contributed by atoms with Gasteiger partial charge in [0.1, 0.15) is 0 Å². The van der Waals surface area contributed by atoms with Crippen molar-refractivity contribution in [3.8, 4) is 0 Å². The van der Waals surface area contributed by atoms with Crippen LogP contribution in [0.4, 0.5) is 0 Å². The summed E-state index contributed by atoms with van der Waals surface area (Å²) in [6, 6.07) is 0. The van der Waals surface area contributed by atoms with Crippen molar-refractivity contribution in [2.45, 2.75) is 39.7 Å². The predicted molar refractivity (Wildman–Crippen MR) is 40.3 cm³/mol. The molecule has 1 heteroatoms. The average Bonchev–Trinajstić information content (AvgIpc) is 1.87. The van der Waals surface area contributed by atoms with Crippen LogP contribution in [0, 0.1) is 0 Å². The summed E-state index contributed by atoms with van der Waals surface area (Å²) in [5, 5.41) is 9.19. The van der Waals surface area contributed by atoms with E-state index in [4.69, 9.17) is 0 Å². The molecule has 9 heavy (non-hydrogen) atoms. The highest BCUT2D eigenvalue weighted by atomic mass is 16.3. The van der Waals surface area contributed by atoms with Crippen LogP contribution in [0.5, 0.6) is 0 Å². The molecule has 0 heterocycles. The zero-order chi connectivity index (χ0) is 7.28. The molecule has 0 spiro atoms. The van der Waals surface area contributed by atoms with Crippen molar-refractivity contribution in [3.05, 3.63) is 11.6 Å². The first kappa shape index (κ1) is 8.70. The quantitative estimate of drug-likeness (QED) is 0.577.